The van der Waals surface area contributed by atoms with Crippen LogP contribution in [0.1, 0.15) is 16.7 Å². The first-order valence-corrected chi connectivity index (χ1v) is 12.3. The zero-order chi connectivity index (χ0) is 26.7. The molecule has 0 aromatic heterocycles. The van der Waals surface area contributed by atoms with E-state index in [1.807, 2.05) is 32.0 Å². The van der Waals surface area contributed by atoms with Crippen LogP contribution < -0.4 is 20.3 Å². The maximum absolute atomic E-state index is 13.2. The monoisotopic (exact) mass is 581 g/mol. The maximum atomic E-state index is 13.2. The van der Waals surface area contributed by atoms with Crippen LogP contribution in [0.15, 0.2) is 70.7 Å². The predicted molar refractivity (Wildman–Crippen MR) is 145 cm³/mol. The van der Waals surface area contributed by atoms with Gasteiger partial charge < -0.3 is 10.1 Å². The molecule has 188 valence electrons. The van der Waals surface area contributed by atoms with Gasteiger partial charge >= 0.3 is 6.03 Å². The highest BCUT2D eigenvalue weighted by Crippen LogP contribution is 2.28. The Labute approximate surface area is 226 Å². The molecule has 0 saturated carbocycles. The van der Waals surface area contributed by atoms with Crippen LogP contribution in [0.3, 0.4) is 0 Å². The lowest BCUT2D eigenvalue weighted by molar-refractivity contribution is -0.122. The molecule has 4 rings (SSSR count). The molecule has 1 aliphatic rings. The van der Waals surface area contributed by atoms with Gasteiger partial charge in [-0.15, -0.1) is 0 Å². The number of hydrogen-bond acceptors (Lipinski definition) is 5. The van der Waals surface area contributed by atoms with Gasteiger partial charge in [-0.1, -0.05) is 45.2 Å². The number of anilines is 2. The number of rotatable bonds is 6. The van der Waals surface area contributed by atoms with Gasteiger partial charge in [0.05, 0.1) is 5.69 Å². The molecule has 8 nitrogen and oxygen atoms in total. The number of carbonyl (C=O) groups excluding carboxylic acids is 4. The summed E-state index contributed by atoms with van der Waals surface area (Å²) in [7, 11) is 0. The molecule has 0 spiro atoms. The lowest BCUT2D eigenvalue weighted by Crippen LogP contribution is -2.54. The molecule has 2 N–H and O–H groups in total. The SMILES string of the molecule is Cc1ccc(NC(=O)COc2ccc(Br)cc2/C=C2/C(=O)NC(=O)N(c3ccc(Cl)cc3)C2=O)c(C)c1. The molecule has 1 aliphatic heterocycles. The van der Waals surface area contributed by atoms with Crippen LogP contribution in [-0.2, 0) is 14.4 Å². The summed E-state index contributed by atoms with van der Waals surface area (Å²) in [5, 5.41) is 5.41. The lowest BCUT2D eigenvalue weighted by Gasteiger charge is -2.26. The number of urea groups is 1. The van der Waals surface area contributed by atoms with Gasteiger partial charge in [0, 0.05) is 20.7 Å². The first-order valence-electron chi connectivity index (χ1n) is 11.1. The van der Waals surface area contributed by atoms with Crippen molar-refractivity contribution in [2.24, 2.45) is 0 Å². The number of aryl methyl sites for hydroxylation is 2. The number of ether oxygens (including phenoxy) is 1. The second-order valence-corrected chi connectivity index (χ2v) is 9.62. The fourth-order valence-corrected chi connectivity index (χ4v) is 4.19. The Balaban J connectivity index is 1.57. The van der Waals surface area contributed by atoms with Gasteiger partial charge in [0.15, 0.2) is 6.61 Å². The average Bonchev–Trinajstić information content (AvgIpc) is 2.84. The van der Waals surface area contributed by atoms with Crippen LogP contribution in [0.25, 0.3) is 6.08 Å². The van der Waals surface area contributed by atoms with Crippen LogP contribution in [-0.4, -0.2) is 30.4 Å². The minimum Gasteiger partial charge on any atom is -0.483 e. The Bertz CT molecular complexity index is 1450. The van der Waals surface area contributed by atoms with Gasteiger partial charge in [0.1, 0.15) is 11.3 Å². The maximum Gasteiger partial charge on any atom is 0.335 e. The molecule has 1 fully saturated rings. The summed E-state index contributed by atoms with van der Waals surface area (Å²) >= 11 is 9.28. The molecule has 5 amide bonds. The fraction of sp³-hybridized carbons (Fsp3) is 0.111. The van der Waals surface area contributed by atoms with Crippen molar-refractivity contribution in [1.29, 1.82) is 0 Å². The summed E-state index contributed by atoms with van der Waals surface area (Å²) in [5.41, 5.74) is 3.00. The molecule has 1 heterocycles. The Kier molecular flexibility index (Phi) is 7.75. The number of nitrogens with one attached hydrogen (secondary N) is 2. The number of imide groups is 2. The Morgan fingerprint density at radius 2 is 1.78 bits per heavy atom. The van der Waals surface area contributed by atoms with Crippen LogP contribution in [0.2, 0.25) is 5.02 Å². The Hall–Kier alpha value is -3.95. The van der Waals surface area contributed by atoms with Crippen molar-refractivity contribution in [3.63, 3.8) is 0 Å². The molecule has 3 aromatic rings. The molecule has 1 saturated heterocycles. The number of nitrogens with zero attached hydrogens (tertiary/aromatic N) is 1. The highest BCUT2D eigenvalue weighted by Gasteiger charge is 2.37. The van der Waals surface area contributed by atoms with Crippen molar-refractivity contribution >= 4 is 68.7 Å². The van der Waals surface area contributed by atoms with Crippen LogP contribution in [0, 0.1) is 13.8 Å². The number of carbonyl (C=O) groups is 4. The summed E-state index contributed by atoms with van der Waals surface area (Å²) in [4.78, 5) is 51.6. The van der Waals surface area contributed by atoms with Gasteiger partial charge in [-0.3, -0.25) is 19.7 Å². The van der Waals surface area contributed by atoms with Crippen molar-refractivity contribution in [1.82, 2.24) is 5.32 Å². The fourth-order valence-electron chi connectivity index (χ4n) is 3.68. The molecular formula is C27H21BrClN3O5. The Morgan fingerprint density at radius 1 is 1.05 bits per heavy atom. The quantitative estimate of drug-likeness (QED) is 0.299. The minimum atomic E-state index is -0.872. The number of barbiturate groups is 1. The normalized spacial score (nSPS) is 14.5. The summed E-state index contributed by atoms with van der Waals surface area (Å²) < 4.78 is 6.39. The third-order valence-electron chi connectivity index (χ3n) is 5.47. The van der Waals surface area contributed by atoms with Crippen molar-refractivity contribution in [2.75, 3.05) is 16.8 Å². The van der Waals surface area contributed by atoms with Gasteiger partial charge in [-0.05, 0) is 74.0 Å². The van der Waals surface area contributed by atoms with Gasteiger partial charge in [-0.2, -0.15) is 0 Å². The number of benzene rings is 3. The van der Waals surface area contributed by atoms with Crippen molar-refractivity contribution in [3.05, 3.63) is 92.4 Å². The van der Waals surface area contributed by atoms with Crippen molar-refractivity contribution < 1.29 is 23.9 Å². The van der Waals surface area contributed by atoms with Gasteiger partial charge in [-0.25, -0.2) is 9.69 Å². The first-order chi connectivity index (χ1) is 17.6. The average molecular weight is 583 g/mol. The van der Waals surface area contributed by atoms with E-state index in [0.717, 1.165) is 16.0 Å². The van der Waals surface area contributed by atoms with E-state index in [-0.39, 0.29) is 29.5 Å². The smallest absolute Gasteiger partial charge is 0.335 e. The third-order valence-corrected chi connectivity index (χ3v) is 6.22. The minimum absolute atomic E-state index is 0.249. The first kappa shape index (κ1) is 26.1. The second-order valence-electron chi connectivity index (χ2n) is 8.27. The number of hydrogen-bond donors (Lipinski definition) is 2. The summed E-state index contributed by atoms with van der Waals surface area (Å²) in [6.07, 6.45) is 1.31. The van der Waals surface area contributed by atoms with Crippen LogP contribution in [0.5, 0.6) is 5.75 Å². The molecule has 37 heavy (non-hydrogen) atoms. The largest absolute Gasteiger partial charge is 0.483 e. The highest BCUT2D eigenvalue weighted by atomic mass is 79.9. The Morgan fingerprint density at radius 3 is 2.49 bits per heavy atom. The number of amides is 5. The van der Waals surface area contributed by atoms with E-state index in [0.29, 0.717) is 20.7 Å². The molecule has 0 radical (unpaired) electrons. The standard InChI is InChI=1S/C27H21BrClN3O5/c1-15-3-9-22(16(2)11-15)30-24(33)14-37-23-10-4-18(28)12-17(23)13-21-25(34)31-27(36)32(26(21)35)20-7-5-19(29)6-8-20/h3-13H,14H2,1-2H3,(H,30,33)(H,31,34,36)/b21-13-. The second kappa shape index (κ2) is 11.0. The zero-order valence-electron chi connectivity index (χ0n) is 19.8. The van der Waals surface area contributed by atoms with Crippen molar-refractivity contribution in [3.8, 4) is 5.75 Å². The molecule has 3 aromatic carbocycles. The van der Waals surface area contributed by atoms with E-state index in [1.165, 1.54) is 30.3 Å². The van der Waals surface area contributed by atoms with E-state index in [9.17, 15) is 19.2 Å². The van der Waals surface area contributed by atoms with Crippen molar-refractivity contribution in [2.45, 2.75) is 13.8 Å². The van der Waals surface area contributed by atoms with Gasteiger partial charge in [0.25, 0.3) is 17.7 Å². The summed E-state index contributed by atoms with van der Waals surface area (Å²) in [5.74, 6) is -1.77. The van der Waals surface area contributed by atoms with Crippen LogP contribution in [0.4, 0.5) is 16.2 Å². The topological polar surface area (TPSA) is 105 Å². The summed E-state index contributed by atoms with van der Waals surface area (Å²) in [6.45, 7) is 3.56. The molecular weight excluding hydrogens is 562 g/mol. The van der Waals surface area contributed by atoms with Gasteiger partial charge in [0.2, 0.25) is 0 Å². The van der Waals surface area contributed by atoms with E-state index in [1.54, 1.807) is 18.2 Å². The summed E-state index contributed by atoms with van der Waals surface area (Å²) in [6, 6.07) is 15.8. The predicted octanol–water partition coefficient (Wildman–Crippen LogP) is 5.40. The lowest BCUT2D eigenvalue weighted by atomic mass is 10.1. The van der Waals surface area contributed by atoms with E-state index >= 15 is 0 Å². The molecule has 0 atom stereocenters. The van der Waals surface area contributed by atoms with E-state index in [4.69, 9.17) is 16.3 Å². The van der Waals surface area contributed by atoms with E-state index in [2.05, 4.69) is 26.6 Å². The van der Waals surface area contributed by atoms with E-state index < -0.39 is 17.8 Å². The zero-order valence-corrected chi connectivity index (χ0v) is 22.1. The molecule has 10 heteroatoms. The highest BCUT2D eigenvalue weighted by molar-refractivity contribution is 9.10. The number of halogens is 2. The molecule has 0 unspecified atom stereocenters. The third kappa shape index (κ3) is 6.07. The van der Waals surface area contributed by atoms with Crippen LogP contribution >= 0.6 is 27.5 Å². The molecule has 0 aliphatic carbocycles. The molecule has 0 bridgehead atoms.